The summed E-state index contributed by atoms with van der Waals surface area (Å²) in [4.78, 5) is 0. The number of hydrogen-bond acceptors (Lipinski definition) is 5. The number of nitriles is 1. The Morgan fingerprint density at radius 2 is 2.18 bits per heavy atom. The molecule has 0 aliphatic carbocycles. The molecule has 0 bridgehead atoms. The van der Waals surface area contributed by atoms with Crippen LogP contribution in [0.25, 0.3) is 10.9 Å². The van der Waals surface area contributed by atoms with E-state index in [1.807, 2.05) is 37.3 Å². The summed E-state index contributed by atoms with van der Waals surface area (Å²) in [7, 11) is 0. The number of aliphatic hydroxyl groups is 1. The van der Waals surface area contributed by atoms with Crippen LogP contribution < -0.4 is 5.32 Å². The molecule has 1 aromatic carbocycles. The third kappa shape index (κ3) is 2.17. The van der Waals surface area contributed by atoms with Crippen LogP contribution in [0.3, 0.4) is 0 Å². The summed E-state index contributed by atoms with van der Waals surface area (Å²) >= 11 is 0. The van der Waals surface area contributed by atoms with E-state index >= 15 is 0 Å². The topological polar surface area (TPSA) is 81.8 Å². The van der Waals surface area contributed by atoms with E-state index in [0.29, 0.717) is 5.69 Å². The molecule has 0 radical (unpaired) electrons. The number of aromatic nitrogens is 2. The molecule has 2 aromatic rings. The van der Waals surface area contributed by atoms with Crippen LogP contribution in [0.4, 0.5) is 5.69 Å². The normalized spacial score (nSPS) is 12.1. The van der Waals surface area contributed by atoms with Crippen molar-refractivity contribution in [1.29, 1.82) is 5.26 Å². The number of nitrogens with zero attached hydrogens (tertiary/aromatic N) is 3. The Hall–Kier alpha value is -2.19. The van der Waals surface area contributed by atoms with Crippen molar-refractivity contribution in [1.82, 2.24) is 10.2 Å². The maximum Gasteiger partial charge on any atom is 0.186 e. The number of aliphatic hydroxyl groups excluding tert-OH is 1. The van der Waals surface area contributed by atoms with E-state index in [2.05, 4.69) is 15.5 Å². The molecule has 0 saturated heterocycles. The lowest BCUT2D eigenvalue weighted by Gasteiger charge is -2.14. The smallest absolute Gasteiger partial charge is 0.186 e. The van der Waals surface area contributed by atoms with Gasteiger partial charge in [0.2, 0.25) is 0 Å². The van der Waals surface area contributed by atoms with Crippen LogP contribution in [0, 0.1) is 11.3 Å². The molecule has 2 rings (SSSR count). The van der Waals surface area contributed by atoms with Crippen molar-refractivity contribution in [3.05, 3.63) is 30.0 Å². The summed E-state index contributed by atoms with van der Waals surface area (Å²) in [5, 5.41) is 29.8. The molecular formula is C12H12N4O. The highest BCUT2D eigenvalue weighted by Crippen LogP contribution is 2.24. The van der Waals surface area contributed by atoms with Crippen molar-refractivity contribution in [2.24, 2.45) is 0 Å². The number of fused-ring (bicyclic) bond motifs is 1. The van der Waals surface area contributed by atoms with Gasteiger partial charge in [-0.2, -0.15) is 5.26 Å². The molecule has 0 aliphatic heterocycles. The second-order valence-electron chi connectivity index (χ2n) is 3.78. The summed E-state index contributed by atoms with van der Waals surface area (Å²) in [6.07, 6.45) is 0. The maximum atomic E-state index is 9.05. The van der Waals surface area contributed by atoms with Crippen LogP contribution in [-0.4, -0.2) is 28.0 Å². The predicted molar refractivity (Wildman–Crippen MR) is 64.4 cm³/mol. The van der Waals surface area contributed by atoms with Crippen molar-refractivity contribution in [2.45, 2.75) is 13.0 Å². The molecule has 0 saturated carbocycles. The van der Waals surface area contributed by atoms with E-state index in [9.17, 15) is 0 Å². The maximum absolute atomic E-state index is 9.05. The molecule has 1 unspecified atom stereocenters. The van der Waals surface area contributed by atoms with Crippen molar-refractivity contribution in [3.63, 3.8) is 0 Å². The number of anilines is 1. The second-order valence-corrected chi connectivity index (χ2v) is 3.78. The van der Waals surface area contributed by atoms with E-state index in [0.717, 1.165) is 10.9 Å². The van der Waals surface area contributed by atoms with Crippen molar-refractivity contribution in [3.8, 4) is 6.07 Å². The minimum Gasteiger partial charge on any atom is -0.394 e. The fraction of sp³-hybridized carbons (Fsp3) is 0.250. The Labute approximate surface area is 98.7 Å². The van der Waals surface area contributed by atoms with Gasteiger partial charge in [-0.15, -0.1) is 10.2 Å². The third-order valence-electron chi connectivity index (χ3n) is 2.44. The number of benzene rings is 1. The molecule has 1 heterocycles. The molecule has 0 fully saturated rings. The first kappa shape index (κ1) is 11.3. The van der Waals surface area contributed by atoms with Gasteiger partial charge in [-0.3, -0.25) is 0 Å². The van der Waals surface area contributed by atoms with E-state index in [1.54, 1.807) is 0 Å². The summed E-state index contributed by atoms with van der Waals surface area (Å²) in [6.45, 7) is 1.82. The molecular weight excluding hydrogens is 216 g/mol. The molecule has 17 heavy (non-hydrogen) atoms. The largest absolute Gasteiger partial charge is 0.394 e. The Morgan fingerprint density at radius 3 is 2.88 bits per heavy atom. The van der Waals surface area contributed by atoms with Crippen LogP contribution in [0.5, 0.6) is 0 Å². The monoisotopic (exact) mass is 228 g/mol. The van der Waals surface area contributed by atoms with Gasteiger partial charge in [-0.05, 0) is 13.0 Å². The lowest BCUT2D eigenvalue weighted by Crippen LogP contribution is -2.20. The highest BCUT2D eigenvalue weighted by Gasteiger charge is 2.11. The molecule has 2 N–H and O–H groups in total. The summed E-state index contributed by atoms with van der Waals surface area (Å²) in [6, 6.07) is 9.30. The zero-order chi connectivity index (χ0) is 12.3. The third-order valence-corrected chi connectivity index (χ3v) is 2.44. The Bertz CT molecular complexity index is 576. The first-order chi connectivity index (χ1) is 8.26. The highest BCUT2D eigenvalue weighted by atomic mass is 16.3. The zero-order valence-electron chi connectivity index (χ0n) is 9.38. The fourth-order valence-corrected chi connectivity index (χ4v) is 1.57. The molecule has 0 aliphatic rings. The second kappa shape index (κ2) is 4.76. The molecule has 5 heteroatoms. The molecule has 0 amide bonds. The van der Waals surface area contributed by atoms with Crippen LogP contribution >= 0.6 is 0 Å². The van der Waals surface area contributed by atoms with Gasteiger partial charge in [0.05, 0.1) is 17.8 Å². The highest BCUT2D eigenvalue weighted by molar-refractivity contribution is 5.92. The van der Waals surface area contributed by atoms with Gasteiger partial charge in [0.15, 0.2) is 5.69 Å². The van der Waals surface area contributed by atoms with Gasteiger partial charge in [0, 0.05) is 11.4 Å². The van der Waals surface area contributed by atoms with Crippen molar-refractivity contribution in [2.75, 3.05) is 11.9 Å². The SMILES string of the molecule is CC(CO)Nc1c(C#N)nnc2ccccc12. The van der Waals surface area contributed by atoms with Crippen molar-refractivity contribution >= 4 is 16.6 Å². The van der Waals surface area contributed by atoms with Gasteiger partial charge in [-0.1, -0.05) is 18.2 Å². The summed E-state index contributed by atoms with van der Waals surface area (Å²) in [5.41, 5.74) is 1.59. The lowest BCUT2D eigenvalue weighted by atomic mass is 10.1. The number of nitrogens with one attached hydrogen (secondary N) is 1. The van der Waals surface area contributed by atoms with Crippen LogP contribution in [0.1, 0.15) is 12.6 Å². The Kier molecular flexibility index (Phi) is 3.17. The minimum absolute atomic E-state index is 0.0124. The van der Waals surface area contributed by atoms with E-state index in [-0.39, 0.29) is 18.3 Å². The molecule has 0 spiro atoms. The summed E-state index contributed by atoms with van der Waals surface area (Å²) in [5.74, 6) is 0. The van der Waals surface area contributed by atoms with Gasteiger partial charge in [0.25, 0.3) is 0 Å². The first-order valence-electron chi connectivity index (χ1n) is 5.29. The zero-order valence-corrected chi connectivity index (χ0v) is 9.38. The fourth-order valence-electron chi connectivity index (χ4n) is 1.57. The molecule has 1 atom stereocenters. The molecule has 1 aromatic heterocycles. The van der Waals surface area contributed by atoms with Gasteiger partial charge in [0.1, 0.15) is 6.07 Å². The van der Waals surface area contributed by atoms with E-state index in [4.69, 9.17) is 10.4 Å². The van der Waals surface area contributed by atoms with Gasteiger partial charge >= 0.3 is 0 Å². The van der Waals surface area contributed by atoms with Crippen LogP contribution in [-0.2, 0) is 0 Å². The van der Waals surface area contributed by atoms with E-state index < -0.39 is 0 Å². The van der Waals surface area contributed by atoms with Gasteiger partial charge in [-0.25, -0.2) is 0 Å². The van der Waals surface area contributed by atoms with Crippen LogP contribution in [0.15, 0.2) is 24.3 Å². The average Bonchev–Trinajstić information content (AvgIpc) is 2.39. The Morgan fingerprint density at radius 1 is 1.41 bits per heavy atom. The standard InChI is InChI=1S/C12H12N4O/c1-8(7-17)14-12-9-4-2-3-5-10(9)15-16-11(12)6-13/h2-5,8,17H,7H2,1H3,(H,14,15). The lowest BCUT2D eigenvalue weighted by molar-refractivity contribution is 0.281. The minimum atomic E-state index is -0.144. The first-order valence-corrected chi connectivity index (χ1v) is 5.29. The van der Waals surface area contributed by atoms with Crippen LogP contribution in [0.2, 0.25) is 0 Å². The van der Waals surface area contributed by atoms with Crippen molar-refractivity contribution < 1.29 is 5.11 Å². The predicted octanol–water partition coefficient (Wildman–Crippen LogP) is 1.29. The van der Waals surface area contributed by atoms with E-state index in [1.165, 1.54) is 0 Å². The molecule has 5 nitrogen and oxygen atoms in total. The molecule has 86 valence electrons. The number of rotatable bonds is 3. The number of hydrogen-bond donors (Lipinski definition) is 2. The Balaban J connectivity index is 2.60. The average molecular weight is 228 g/mol. The summed E-state index contributed by atoms with van der Waals surface area (Å²) < 4.78 is 0. The quantitative estimate of drug-likeness (QED) is 0.827. The van der Waals surface area contributed by atoms with Gasteiger partial charge < -0.3 is 10.4 Å².